The molecule has 0 spiro atoms. The molecule has 0 radical (unpaired) electrons. The van der Waals surface area contributed by atoms with Gasteiger partial charge < -0.3 is 20.2 Å². The predicted octanol–water partition coefficient (Wildman–Crippen LogP) is -0.317. The average molecular weight is 215 g/mol. The number of rotatable bonds is 4. The molecule has 1 heterocycles. The first-order valence-electron chi connectivity index (χ1n) is 3.65. The Labute approximate surface area is 81.8 Å². The highest BCUT2D eigenvalue weighted by molar-refractivity contribution is 5.75. The first-order valence-corrected chi connectivity index (χ1v) is 3.65. The highest BCUT2D eigenvalue weighted by Crippen LogP contribution is 2.20. The Kier molecular flexibility index (Phi) is 2.69. The maximum atomic E-state index is 10.6. The third-order valence-electron chi connectivity index (χ3n) is 1.33. The summed E-state index contributed by atoms with van der Waals surface area (Å²) in [6, 6.07) is 0. The molecule has 10 nitrogen and oxygen atoms in total. The molecule has 0 bridgehead atoms. The second-order valence-corrected chi connectivity index (χ2v) is 2.59. The molecule has 1 aromatic rings. The van der Waals surface area contributed by atoms with Crippen LogP contribution in [-0.2, 0) is 11.3 Å². The van der Waals surface area contributed by atoms with Gasteiger partial charge in [0.15, 0.2) is 12.3 Å². The van der Waals surface area contributed by atoms with Crippen LogP contribution in [0.4, 0.5) is 11.6 Å². The molecular weight excluding hydrogens is 210 g/mol. The van der Waals surface area contributed by atoms with Gasteiger partial charge in [-0.25, -0.2) is 0 Å². The highest BCUT2D eigenvalue weighted by Gasteiger charge is 2.34. The Bertz CT molecular complexity index is 406. The van der Waals surface area contributed by atoms with Gasteiger partial charge in [0, 0.05) is 4.80 Å². The Morgan fingerprint density at radius 2 is 1.67 bits per heavy atom. The number of carbonyl (C=O) groups excluding carboxylic acids is 1. The summed E-state index contributed by atoms with van der Waals surface area (Å²) in [4.78, 5) is 29.9. The second-order valence-electron chi connectivity index (χ2n) is 2.59. The molecule has 1 aromatic heterocycles. The van der Waals surface area contributed by atoms with E-state index in [1.807, 2.05) is 0 Å². The molecule has 0 unspecified atom stereocenters. The minimum atomic E-state index is -1.03. The smallest absolute Gasteiger partial charge is 0.358 e. The number of nitrogens with zero attached hydrogens (tertiary/aromatic N) is 5. The SMILES string of the molecule is CC(=O)Cn1nc([N+](=O)[O-])c([N+](=O)[O-])n1. The molecule has 0 atom stereocenters. The van der Waals surface area contributed by atoms with Crippen molar-refractivity contribution in [1.29, 1.82) is 0 Å². The van der Waals surface area contributed by atoms with Crippen molar-refractivity contribution >= 4 is 17.4 Å². The van der Waals surface area contributed by atoms with Crippen LogP contribution in [0.2, 0.25) is 0 Å². The average Bonchev–Trinajstić information content (AvgIpc) is 2.46. The molecule has 0 N–H and O–H groups in total. The van der Waals surface area contributed by atoms with Gasteiger partial charge in [-0.05, 0) is 16.8 Å². The van der Waals surface area contributed by atoms with Crippen molar-refractivity contribution in [1.82, 2.24) is 15.0 Å². The van der Waals surface area contributed by atoms with E-state index in [2.05, 4.69) is 10.2 Å². The highest BCUT2D eigenvalue weighted by atomic mass is 16.6. The van der Waals surface area contributed by atoms with Crippen LogP contribution in [-0.4, -0.2) is 30.6 Å². The minimum Gasteiger partial charge on any atom is -0.358 e. The monoisotopic (exact) mass is 215 g/mol. The van der Waals surface area contributed by atoms with Crippen molar-refractivity contribution in [3.05, 3.63) is 20.2 Å². The van der Waals surface area contributed by atoms with Crippen LogP contribution in [0.1, 0.15) is 6.92 Å². The number of hydrogen-bond acceptors (Lipinski definition) is 7. The van der Waals surface area contributed by atoms with E-state index in [-0.39, 0.29) is 12.3 Å². The van der Waals surface area contributed by atoms with Crippen LogP contribution in [0.25, 0.3) is 0 Å². The van der Waals surface area contributed by atoms with Gasteiger partial charge in [0.25, 0.3) is 0 Å². The van der Waals surface area contributed by atoms with E-state index in [4.69, 9.17) is 0 Å². The molecule has 80 valence electrons. The Hall–Kier alpha value is -2.39. The summed E-state index contributed by atoms with van der Waals surface area (Å²) < 4.78 is 0. The number of aromatic nitrogens is 3. The van der Waals surface area contributed by atoms with Crippen molar-refractivity contribution in [3.63, 3.8) is 0 Å². The van der Waals surface area contributed by atoms with E-state index >= 15 is 0 Å². The van der Waals surface area contributed by atoms with Crippen molar-refractivity contribution in [2.75, 3.05) is 0 Å². The third-order valence-corrected chi connectivity index (χ3v) is 1.33. The lowest BCUT2D eigenvalue weighted by Crippen LogP contribution is -2.09. The number of Topliss-reactive ketones (excluding diaryl/α,β-unsaturated/α-hetero) is 1. The summed E-state index contributed by atoms with van der Waals surface area (Å²) in [5, 5.41) is 27.1. The van der Waals surface area contributed by atoms with Crippen molar-refractivity contribution in [3.8, 4) is 0 Å². The molecule has 15 heavy (non-hydrogen) atoms. The lowest BCUT2D eigenvalue weighted by Gasteiger charge is -1.85. The number of ketones is 1. The van der Waals surface area contributed by atoms with Crippen LogP contribution >= 0.6 is 0 Å². The fraction of sp³-hybridized carbons (Fsp3) is 0.400. The Morgan fingerprint density at radius 3 is 1.93 bits per heavy atom. The van der Waals surface area contributed by atoms with Gasteiger partial charge in [-0.3, -0.25) is 4.79 Å². The van der Waals surface area contributed by atoms with Gasteiger partial charge in [0.05, 0.1) is 0 Å². The first-order chi connectivity index (χ1) is 6.91. The summed E-state index contributed by atoms with van der Waals surface area (Å²) in [5.74, 6) is -2.31. The van der Waals surface area contributed by atoms with Gasteiger partial charge in [-0.1, -0.05) is 0 Å². The fourth-order valence-corrected chi connectivity index (χ4v) is 0.837. The van der Waals surface area contributed by atoms with E-state index in [9.17, 15) is 25.0 Å². The molecule has 0 aliphatic heterocycles. The lowest BCUT2D eigenvalue weighted by atomic mass is 10.5. The van der Waals surface area contributed by atoms with Crippen LogP contribution in [0.15, 0.2) is 0 Å². The molecule has 0 amide bonds. The molecule has 0 saturated carbocycles. The maximum Gasteiger partial charge on any atom is 0.492 e. The Morgan fingerprint density at radius 1 is 1.27 bits per heavy atom. The zero-order chi connectivity index (χ0) is 11.6. The van der Waals surface area contributed by atoms with Crippen LogP contribution in [0.5, 0.6) is 0 Å². The molecule has 10 heteroatoms. The van der Waals surface area contributed by atoms with E-state index in [0.717, 1.165) is 0 Å². The number of hydrogen-bond donors (Lipinski definition) is 0. The van der Waals surface area contributed by atoms with Crippen LogP contribution in [0, 0.1) is 20.2 Å². The van der Waals surface area contributed by atoms with E-state index in [1.165, 1.54) is 6.92 Å². The van der Waals surface area contributed by atoms with Gasteiger partial charge in [0.1, 0.15) is 10.2 Å². The molecule has 0 aromatic carbocycles. The van der Waals surface area contributed by atoms with Gasteiger partial charge >= 0.3 is 11.6 Å². The predicted molar refractivity (Wildman–Crippen MR) is 44.0 cm³/mol. The molecule has 0 aliphatic rings. The summed E-state index contributed by atoms with van der Waals surface area (Å²) in [6.07, 6.45) is 0. The zero-order valence-corrected chi connectivity index (χ0v) is 7.48. The molecule has 1 rings (SSSR count). The van der Waals surface area contributed by atoms with Crippen molar-refractivity contribution in [2.45, 2.75) is 13.5 Å². The number of nitro groups is 2. The minimum absolute atomic E-state index is 0.339. The molecule has 0 fully saturated rings. The molecular formula is C5H5N5O5. The van der Waals surface area contributed by atoms with Gasteiger partial charge in [0.2, 0.25) is 0 Å². The largest absolute Gasteiger partial charge is 0.492 e. The van der Waals surface area contributed by atoms with E-state index in [1.54, 1.807) is 0 Å². The first kappa shape index (κ1) is 10.7. The zero-order valence-electron chi connectivity index (χ0n) is 7.48. The summed E-state index contributed by atoms with van der Waals surface area (Å²) in [6.45, 7) is 0.871. The van der Waals surface area contributed by atoms with E-state index in [0.29, 0.717) is 4.80 Å². The summed E-state index contributed by atoms with van der Waals surface area (Å²) in [5.41, 5.74) is 0. The molecule has 0 aliphatic carbocycles. The number of carbonyl (C=O) groups is 1. The maximum absolute atomic E-state index is 10.6. The van der Waals surface area contributed by atoms with Crippen LogP contribution in [0.3, 0.4) is 0 Å². The fourth-order valence-electron chi connectivity index (χ4n) is 0.837. The summed E-state index contributed by atoms with van der Waals surface area (Å²) >= 11 is 0. The normalized spacial score (nSPS) is 9.93. The standard InChI is InChI=1S/C5H5N5O5/c1-3(11)2-8-6-4(9(12)13)5(7-8)10(14)15/h2H2,1H3. The lowest BCUT2D eigenvalue weighted by molar-refractivity contribution is -0.427. The van der Waals surface area contributed by atoms with Crippen molar-refractivity contribution in [2.24, 2.45) is 0 Å². The third kappa shape index (κ3) is 2.30. The quantitative estimate of drug-likeness (QED) is 0.496. The molecule has 0 saturated heterocycles. The topological polar surface area (TPSA) is 134 Å². The second kappa shape index (κ2) is 3.77. The summed E-state index contributed by atoms with van der Waals surface area (Å²) in [7, 11) is 0. The Balaban J connectivity index is 3.15. The van der Waals surface area contributed by atoms with Gasteiger partial charge in [-0.2, -0.15) is 0 Å². The van der Waals surface area contributed by atoms with Crippen LogP contribution < -0.4 is 0 Å². The van der Waals surface area contributed by atoms with Gasteiger partial charge in [-0.15, -0.1) is 0 Å². The van der Waals surface area contributed by atoms with Crippen molar-refractivity contribution < 1.29 is 14.6 Å². The van der Waals surface area contributed by atoms with E-state index < -0.39 is 21.5 Å².